The molecular formula is C31H27ClN2O4S2. The van der Waals surface area contributed by atoms with E-state index in [0.717, 1.165) is 27.3 Å². The second kappa shape index (κ2) is 12.3. The molecule has 0 aliphatic carbocycles. The van der Waals surface area contributed by atoms with Gasteiger partial charge in [0.1, 0.15) is 12.4 Å². The summed E-state index contributed by atoms with van der Waals surface area (Å²) in [6.45, 7) is 4.21. The van der Waals surface area contributed by atoms with E-state index >= 15 is 0 Å². The van der Waals surface area contributed by atoms with Crippen LogP contribution in [-0.4, -0.2) is 23.4 Å². The summed E-state index contributed by atoms with van der Waals surface area (Å²) in [7, 11) is 0. The van der Waals surface area contributed by atoms with Crippen LogP contribution in [0, 0.1) is 0 Å². The Morgan fingerprint density at radius 1 is 1.07 bits per heavy atom. The molecule has 0 saturated heterocycles. The Labute approximate surface area is 245 Å². The van der Waals surface area contributed by atoms with Crippen LogP contribution < -0.4 is 19.6 Å². The number of nitrogens with zero attached hydrogens (tertiary/aromatic N) is 2. The fourth-order valence-electron chi connectivity index (χ4n) is 4.45. The van der Waals surface area contributed by atoms with Gasteiger partial charge in [-0.05, 0) is 79.3 Å². The number of hydrogen-bond donors (Lipinski definition) is 0. The summed E-state index contributed by atoms with van der Waals surface area (Å²) in [5.74, 6) is 0.253. The summed E-state index contributed by atoms with van der Waals surface area (Å²) < 4.78 is 13.4. The van der Waals surface area contributed by atoms with Crippen molar-refractivity contribution < 1.29 is 14.3 Å². The van der Waals surface area contributed by atoms with Gasteiger partial charge in [-0.25, -0.2) is 9.79 Å². The minimum absolute atomic E-state index is 0.208. The van der Waals surface area contributed by atoms with Gasteiger partial charge in [0.05, 0.1) is 28.5 Å². The zero-order valence-electron chi connectivity index (χ0n) is 22.2. The monoisotopic (exact) mass is 590 g/mol. The van der Waals surface area contributed by atoms with Crippen molar-refractivity contribution in [2.24, 2.45) is 4.99 Å². The number of halogens is 1. The highest BCUT2D eigenvalue weighted by Gasteiger charge is 2.33. The zero-order chi connectivity index (χ0) is 28.2. The molecule has 3 aromatic carbocycles. The molecule has 0 radical (unpaired) electrons. The number of esters is 1. The Bertz CT molecular complexity index is 1740. The highest BCUT2D eigenvalue weighted by atomic mass is 35.5. The topological polar surface area (TPSA) is 69.9 Å². The maximum absolute atomic E-state index is 13.8. The van der Waals surface area contributed by atoms with E-state index in [2.05, 4.69) is 4.99 Å². The van der Waals surface area contributed by atoms with Crippen LogP contribution in [0.2, 0.25) is 5.02 Å². The molecule has 0 saturated carbocycles. The van der Waals surface area contributed by atoms with Crippen LogP contribution in [-0.2, 0) is 16.1 Å². The smallest absolute Gasteiger partial charge is 0.338 e. The average Bonchev–Trinajstić information content (AvgIpc) is 3.26. The minimum Gasteiger partial charge on any atom is -0.489 e. The van der Waals surface area contributed by atoms with Gasteiger partial charge in [0.25, 0.3) is 5.56 Å². The van der Waals surface area contributed by atoms with Gasteiger partial charge in [0.2, 0.25) is 0 Å². The fourth-order valence-corrected chi connectivity index (χ4v) is 6.03. The van der Waals surface area contributed by atoms with E-state index in [1.54, 1.807) is 30.2 Å². The van der Waals surface area contributed by atoms with E-state index < -0.39 is 12.0 Å². The number of carbonyl (C=O) groups is 1. The largest absolute Gasteiger partial charge is 0.489 e. The number of benzene rings is 3. The number of ether oxygens (including phenoxy) is 2. The number of rotatable bonds is 8. The molecule has 40 heavy (non-hydrogen) atoms. The van der Waals surface area contributed by atoms with Gasteiger partial charge < -0.3 is 9.47 Å². The molecule has 1 aliphatic heterocycles. The predicted octanol–water partition coefficient (Wildman–Crippen LogP) is 5.75. The lowest BCUT2D eigenvalue weighted by molar-refractivity contribution is -0.139. The first-order valence-corrected chi connectivity index (χ1v) is 15.1. The maximum Gasteiger partial charge on any atom is 0.338 e. The lowest BCUT2D eigenvalue weighted by Crippen LogP contribution is -2.39. The number of aromatic nitrogens is 1. The van der Waals surface area contributed by atoms with Crippen LogP contribution in [0.1, 0.15) is 36.6 Å². The van der Waals surface area contributed by atoms with Crippen molar-refractivity contribution >= 4 is 46.7 Å². The molecule has 2 heterocycles. The van der Waals surface area contributed by atoms with Crippen molar-refractivity contribution in [3.8, 4) is 5.75 Å². The SMILES string of the molecule is CCOC(=O)C1=C(C)N=c2s/c(=C/c3ccc(OCc4ccc(Cl)cc4)cc3)c(=O)n2[C@@H]1c1ccc(SC)cc1. The summed E-state index contributed by atoms with van der Waals surface area (Å²) in [5.41, 5.74) is 3.41. The quantitative estimate of drug-likeness (QED) is 0.193. The third kappa shape index (κ3) is 5.94. The van der Waals surface area contributed by atoms with Crippen LogP contribution >= 0.6 is 34.7 Å². The van der Waals surface area contributed by atoms with Crippen LogP contribution in [0.3, 0.4) is 0 Å². The molecule has 9 heteroatoms. The molecule has 1 atom stereocenters. The van der Waals surface area contributed by atoms with Gasteiger partial charge in [-0.3, -0.25) is 9.36 Å². The molecule has 4 aromatic rings. The first kappa shape index (κ1) is 28.0. The van der Waals surface area contributed by atoms with Crippen molar-refractivity contribution in [2.45, 2.75) is 31.4 Å². The molecule has 0 unspecified atom stereocenters. The van der Waals surface area contributed by atoms with E-state index in [4.69, 9.17) is 21.1 Å². The normalized spacial score (nSPS) is 15.0. The third-order valence-electron chi connectivity index (χ3n) is 6.45. The minimum atomic E-state index is -0.628. The summed E-state index contributed by atoms with van der Waals surface area (Å²) in [6.07, 6.45) is 3.84. The Kier molecular flexibility index (Phi) is 8.59. The maximum atomic E-state index is 13.8. The Morgan fingerprint density at radius 3 is 2.42 bits per heavy atom. The molecule has 0 amide bonds. The highest BCUT2D eigenvalue weighted by molar-refractivity contribution is 7.98. The van der Waals surface area contributed by atoms with E-state index in [1.165, 1.54) is 11.3 Å². The molecular weight excluding hydrogens is 564 g/mol. The summed E-state index contributed by atoms with van der Waals surface area (Å²) in [5, 5.41) is 0.686. The Morgan fingerprint density at radius 2 is 1.77 bits per heavy atom. The first-order valence-electron chi connectivity index (χ1n) is 12.7. The van der Waals surface area contributed by atoms with Crippen LogP contribution in [0.5, 0.6) is 5.75 Å². The number of thiazole rings is 1. The van der Waals surface area contributed by atoms with Gasteiger partial charge in [0, 0.05) is 9.92 Å². The second-order valence-corrected chi connectivity index (χ2v) is 11.4. The molecule has 0 fully saturated rings. The number of hydrogen-bond acceptors (Lipinski definition) is 7. The lowest BCUT2D eigenvalue weighted by atomic mass is 9.96. The van der Waals surface area contributed by atoms with Crippen LogP contribution in [0.25, 0.3) is 6.08 Å². The zero-order valence-corrected chi connectivity index (χ0v) is 24.6. The van der Waals surface area contributed by atoms with Gasteiger partial charge in [-0.15, -0.1) is 11.8 Å². The van der Waals surface area contributed by atoms with E-state index in [-0.39, 0.29) is 12.2 Å². The number of allylic oxidation sites excluding steroid dienone is 1. The number of fused-ring (bicyclic) bond motifs is 1. The molecule has 204 valence electrons. The van der Waals surface area contributed by atoms with Crippen LogP contribution in [0.4, 0.5) is 0 Å². The third-order valence-corrected chi connectivity index (χ3v) is 8.42. The molecule has 1 aromatic heterocycles. The van der Waals surface area contributed by atoms with E-state index in [1.807, 2.05) is 85.1 Å². The molecule has 6 nitrogen and oxygen atoms in total. The number of carbonyl (C=O) groups excluding carboxylic acids is 1. The predicted molar refractivity (Wildman–Crippen MR) is 161 cm³/mol. The number of thioether (sulfide) groups is 1. The molecule has 1 aliphatic rings. The Balaban J connectivity index is 1.49. The van der Waals surface area contributed by atoms with Crippen molar-refractivity contribution in [3.63, 3.8) is 0 Å². The second-order valence-electron chi connectivity index (χ2n) is 9.06. The summed E-state index contributed by atoms with van der Waals surface area (Å²) in [6, 6.07) is 22.3. The van der Waals surface area contributed by atoms with Gasteiger partial charge >= 0.3 is 5.97 Å². The molecule has 0 spiro atoms. The van der Waals surface area contributed by atoms with Crippen molar-refractivity contribution in [2.75, 3.05) is 12.9 Å². The fraction of sp³-hybridized carbons (Fsp3) is 0.194. The summed E-state index contributed by atoms with van der Waals surface area (Å²) in [4.78, 5) is 33.1. The van der Waals surface area contributed by atoms with Crippen molar-refractivity contribution in [1.82, 2.24) is 4.57 Å². The van der Waals surface area contributed by atoms with E-state index in [0.29, 0.717) is 32.2 Å². The van der Waals surface area contributed by atoms with Crippen LogP contribution in [0.15, 0.2) is 98.7 Å². The van der Waals surface area contributed by atoms with Crippen molar-refractivity contribution in [3.05, 3.63) is 125 Å². The Hall–Kier alpha value is -3.59. The first-order chi connectivity index (χ1) is 19.4. The van der Waals surface area contributed by atoms with E-state index in [9.17, 15) is 9.59 Å². The standard InChI is InChI=1S/C31H27ClN2O4S2/c1-4-37-30(36)27-19(2)33-31-34(28(27)22-9-15-25(39-3)16-10-22)29(35)26(40-31)17-20-7-13-24(14-8-20)38-18-21-5-11-23(32)12-6-21/h5-17,28H,4,18H2,1-3H3/b26-17+/t28-/m1/s1. The summed E-state index contributed by atoms with van der Waals surface area (Å²) >= 11 is 8.88. The average molecular weight is 591 g/mol. The lowest BCUT2D eigenvalue weighted by Gasteiger charge is -2.24. The van der Waals surface area contributed by atoms with Gasteiger partial charge in [0.15, 0.2) is 4.80 Å². The molecule has 5 rings (SSSR count). The van der Waals surface area contributed by atoms with Gasteiger partial charge in [-0.2, -0.15) is 0 Å². The molecule has 0 N–H and O–H groups in total. The molecule has 0 bridgehead atoms. The van der Waals surface area contributed by atoms with Gasteiger partial charge in [-0.1, -0.05) is 59.3 Å². The highest BCUT2D eigenvalue weighted by Crippen LogP contribution is 2.31. The van der Waals surface area contributed by atoms with Crippen molar-refractivity contribution in [1.29, 1.82) is 0 Å².